The van der Waals surface area contributed by atoms with Gasteiger partial charge in [0, 0.05) is 12.1 Å². The molecule has 2 aromatic rings. The number of amides is 2. The van der Waals surface area contributed by atoms with Crippen LogP contribution in [0.25, 0.3) is 0 Å². The van der Waals surface area contributed by atoms with E-state index in [2.05, 4.69) is 10.6 Å². The Bertz CT molecular complexity index is 830. The van der Waals surface area contributed by atoms with Gasteiger partial charge in [-0.25, -0.2) is 0 Å². The summed E-state index contributed by atoms with van der Waals surface area (Å²) in [6, 6.07) is 10.9. The molecule has 7 heteroatoms. The molecule has 0 aliphatic heterocycles. The highest BCUT2D eigenvalue weighted by molar-refractivity contribution is 5.98. The minimum atomic E-state index is -4.40. The molecule has 0 spiro atoms. The minimum Gasteiger partial charge on any atom is -0.350 e. The normalized spacial score (nSPS) is 12.5. The number of halogens is 3. The molecule has 1 atom stereocenters. The van der Waals surface area contributed by atoms with Crippen molar-refractivity contribution in [3.05, 3.63) is 70.8 Å². The molecule has 0 saturated heterocycles. The van der Waals surface area contributed by atoms with E-state index >= 15 is 0 Å². The summed E-state index contributed by atoms with van der Waals surface area (Å²) in [5.74, 6) is -0.904. The number of benzene rings is 2. The van der Waals surface area contributed by atoms with Crippen LogP contribution in [0.15, 0.2) is 48.5 Å². The van der Waals surface area contributed by atoms with Gasteiger partial charge in [-0.05, 0) is 42.2 Å². The van der Waals surface area contributed by atoms with Crippen LogP contribution in [-0.2, 0) is 17.5 Å². The highest BCUT2D eigenvalue weighted by Gasteiger charge is 2.30. The van der Waals surface area contributed by atoms with Gasteiger partial charge in [0.15, 0.2) is 0 Å². The number of rotatable bonds is 6. The smallest absolute Gasteiger partial charge is 0.350 e. The SMILES string of the molecule is Cc1ccccc1C(=O)NC(C(=O)NCc1ccc(C(F)(F)F)cc1)C(C)C. The fourth-order valence-corrected chi connectivity index (χ4v) is 2.69. The van der Waals surface area contributed by atoms with Crippen molar-refractivity contribution in [2.75, 3.05) is 0 Å². The minimum absolute atomic E-state index is 0.0699. The van der Waals surface area contributed by atoms with Crippen molar-refractivity contribution >= 4 is 11.8 Å². The Morgan fingerprint density at radius 1 is 1.00 bits per heavy atom. The summed E-state index contributed by atoms with van der Waals surface area (Å²) in [6.07, 6.45) is -4.40. The zero-order valence-electron chi connectivity index (χ0n) is 15.9. The van der Waals surface area contributed by atoms with Crippen LogP contribution in [0.2, 0.25) is 0 Å². The van der Waals surface area contributed by atoms with Crippen LogP contribution in [0.4, 0.5) is 13.2 Å². The van der Waals surface area contributed by atoms with Gasteiger partial charge in [-0.15, -0.1) is 0 Å². The van der Waals surface area contributed by atoms with Gasteiger partial charge < -0.3 is 10.6 Å². The average Bonchev–Trinajstić information content (AvgIpc) is 2.63. The standard InChI is InChI=1S/C21H23F3N2O2/c1-13(2)18(26-19(27)17-7-5-4-6-14(17)3)20(28)25-12-15-8-10-16(11-9-15)21(22,23)24/h4-11,13,18H,12H2,1-3H3,(H,25,28)(H,26,27). The van der Waals surface area contributed by atoms with Gasteiger partial charge in [0.1, 0.15) is 6.04 Å². The molecule has 0 heterocycles. The second-order valence-electron chi connectivity index (χ2n) is 6.92. The van der Waals surface area contributed by atoms with E-state index in [0.29, 0.717) is 11.1 Å². The molecule has 2 N–H and O–H groups in total. The third-order valence-corrected chi connectivity index (χ3v) is 4.37. The number of carbonyl (C=O) groups excluding carboxylic acids is 2. The van der Waals surface area contributed by atoms with Crippen LogP contribution >= 0.6 is 0 Å². The Morgan fingerprint density at radius 2 is 1.61 bits per heavy atom. The number of nitrogens with one attached hydrogen (secondary N) is 2. The molecule has 2 amide bonds. The Morgan fingerprint density at radius 3 is 2.14 bits per heavy atom. The summed E-state index contributed by atoms with van der Waals surface area (Å²) in [4.78, 5) is 25.0. The fourth-order valence-electron chi connectivity index (χ4n) is 2.69. The molecule has 1 unspecified atom stereocenters. The maximum atomic E-state index is 12.6. The molecule has 4 nitrogen and oxygen atoms in total. The second kappa shape index (κ2) is 8.91. The zero-order valence-corrected chi connectivity index (χ0v) is 15.9. The van der Waals surface area contributed by atoms with E-state index in [-0.39, 0.29) is 18.4 Å². The lowest BCUT2D eigenvalue weighted by Gasteiger charge is -2.22. The molecule has 150 valence electrons. The summed E-state index contributed by atoms with van der Waals surface area (Å²) in [7, 11) is 0. The van der Waals surface area contributed by atoms with Gasteiger partial charge in [0.25, 0.3) is 5.91 Å². The van der Waals surface area contributed by atoms with Gasteiger partial charge in [0.05, 0.1) is 5.56 Å². The quantitative estimate of drug-likeness (QED) is 0.778. The van der Waals surface area contributed by atoms with Gasteiger partial charge >= 0.3 is 6.18 Å². The number of alkyl halides is 3. The molecule has 0 aliphatic rings. The molecule has 0 saturated carbocycles. The van der Waals surface area contributed by atoms with E-state index < -0.39 is 23.7 Å². The molecule has 28 heavy (non-hydrogen) atoms. The lowest BCUT2D eigenvalue weighted by atomic mass is 10.0. The van der Waals surface area contributed by atoms with Crippen molar-refractivity contribution < 1.29 is 22.8 Å². The average molecular weight is 392 g/mol. The fraction of sp³-hybridized carbons (Fsp3) is 0.333. The highest BCUT2D eigenvalue weighted by Crippen LogP contribution is 2.29. The van der Waals surface area contributed by atoms with Crippen LogP contribution in [0.3, 0.4) is 0 Å². The van der Waals surface area contributed by atoms with Gasteiger partial charge in [-0.2, -0.15) is 13.2 Å². The van der Waals surface area contributed by atoms with E-state index in [9.17, 15) is 22.8 Å². The van der Waals surface area contributed by atoms with Crippen molar-refractivity contribution in [1.29, 1.82) is 0 Å². The van der Waals surface area contributed by atoms with Gasteiger partial charge in [-0.3, -0.25) is 9.59 Å². The predicted molar refractivity (Wildman–Crippen MR) is 101 cm³/mol. The Kier molecular flexibility index (Phi) is 6.83. The predicted octanol–water partition coefficient (Wildman–Crippen LogP) is 4.08. The first-order chi connectivity index (χ1) is 13.1. The summed E-state index contributed by atoms with van der Waals surface area (Å²) < 4.78 is 37.8. The van der Waals surface area contributed by atoms with Crippen LogP contribution in [0.1, 0.15) is 40.9 Å². The van der Waals surface area contributed by atoms with Crippen LogP contribution in [0, 0.1) is 12.8 Å². The van der Waals surface area contributed by atoms with Crippen molar-refractivity contribution in [2.24, 2.45) is 5.92 Å². The maximum Gasteiger partial charge on any atom is 0.416 e. The molecular formula is C21H23F3N2O2. The van der Waals surface area contributed by atoms with Gasteiger partial charge in [-0.1, -0.05) is 44.2 Å². The van der Waals surface area contributed by atoms with E-state index in [0.717, 1.165) is 17.7 Å². The first kappa shape index (κ1) is 21.5. The van der Waals surface area contributed by atoms with Crippen LogP contribution in [-0.4, -0.2) is 17.9 Å². The molecule has 2 aromatic carbocycles. The van der Waals surface area contributed by atoms with Crippen molar-refractivity contribution in [3.63, 3.8) is 0 Å². The number of aryl methyl sites for hydroxylation is 1. The summed E-state index contributed by atoms with van der Waals surface area (Å²) >= 11 is 0. The van der Waals surface area contributed by atoms with Crippen molar-refractivity contribution in [3.8, 4) is 0 Å². The topological polar surface area (TPSA) is 58.2 Å². The van der Waals surface area contributed by atoms with E-state index in [1.54, 1.807) is 26.0 Å². The summed E-state index contributed by atoms with van der Waals surface area (Å²) in [5, 5.41) is 5.41. The monoisotopic (exact) mass is 392 g/mol. The number of hydrogen-bond donors (Lipinski definition) is 2. The van der Waals surface area contributed by atoms with Crippen LogP contribution < -0.4 is 10.6 Å². The highest BCUT2D eigenvalue weighted by atomic mass is 19.4. The molecule has 0 radical (unpaired) electrons. The first-order valence-electron chi connectivity index (χ1n) is 8.90. The first-order valence-corrected chi connectivity index (χ1v) is 8.90. The summed E-state index contributed by atoms with van der Waals surface area (Å²) in [6.45, 7) is 5.49. The van der Waals surface area contributed by atoms with Crippen LogP contribution in [0.5, 0.6) is 0 Å². The molecule has 0 aromatic heterocycles. The molecule has 0 aliphatic carbocycles. The Labute approximate surface area is 162 Å². The third-order valence-electron chi connectivity index (χ3n) is 4.37. The Hall–Kier alpha value is -2.83. The summed E-state index contributed by atoms with van der Waals surface area (Å²) in [5.41, 5.74) is 1.08. The van der Waals surface area contributed by atoms with Crippen molar-refractivity contribution in [1.82, 2.24) is 10.6 Å². The number of carbonyl (C=O) groups is 2. The molecule has 0 bridgehead atoms. The van der Waals surface area contributed by atoms with E-state index in [4.69, 9.17) is 0 Å². The third kappa shape index (κ3) is 5.58. The Balaban J connectivity index is 2.01. The second-order valence-corrected chi connectivity index (χ2v) is 6.92. The lowest BCUT2D eigenvalue weighted by Crippen LogP contribution is -2.49. The molecule has 2 rings (SSSR count). The zero-order chi connectivity index (χ0) is 20.9. The largest absolute Gasteiger partial charge is 0.416 e. The van der Waals surface area contributed by atoms with Crippen molar-refractivity contribution in [2.45, 2.75) is 39.5 Å². The van der Waals surface area contributed by atoms with E-state index in [1.165, 1.54) is 12.1 Å². The van der Waals surface area contributed by atoms with E-state index in [1.807, 2.05) is 19.1 Å². The molecule has 0 fully saturated rings. The lowest BCUT2D eigenvalue weighted by molar-refractivity contribution is -0.137. The van der Waals surface area contributed by atoms with Gasteiger partial charge in [0.2, 0.25) is 5.91 Å². The maximum absolute atomic E-state index is 12.6. The molecular weight excluding hydrogens is 369 g/mol. The number of hydrogen-bond acceptors (Lipinski definition) is 2.